The molecule has 0 N–H and O–H groups in total. The van der Waals surface area contributed by atoms with Crippen LogP contribution in [0.4, 0.5) is 0 Å². The third-order valence-electron chi connectivity index (χ3n) is 4.16. The molecule has 0 amide bonds. The minimum absolute atomic E-state index is 0.404. The first-order valence-corrected chi connectivity index (χ1v) is 9.99. The number of rotatable bonds is 3. The van der Waals surface area contributed by atoms with E-state index in [0.29, 0.717) is 11.5 Å². The molecule has 26 heavy (non-hydrogen) atoms. The summed E-state index contributed by atoms with van der Waals surface area (Å²) in [4.78, 5) is 12.3. The molecule has 0 aliphatic carbocycles. The van der Waals surface area contributed by atoms with Crippen LogP contribution in [-0.4, -0.2) is 18.7 Å². The van der Waals surface area contributed by atoms with Gasteiger partial charge in [-0.25, -0.2) is 0 Å². The number of carbonyl (C=O) groups excluding carboxylic acids is 1. The van der Waals surface area contributed by atoms with Crippen molar-refractivity contribution in [1.82, 2.24) is 0 Å². The average Bonchev–Trinajstić information content (AvgIpc) is 3.09. The Morgan fingerprint density at radius 2 is 1.27 bits per heavy atom. The van der Waals surface area contributed by atoms with E-state index in [1.54, 1.807) is 13.8 Å². The summed E-state index contributed by atoms with van der Waals surface area (Å²) < 4.78 is 29.2. The summed E-state index contributed by atoms with van der Waals surface area (Å²) in [6.45, 7) is 3.18. The summed E-state index contributed by atoms with van der Waals surface area (Å²) in [5.74, 6) is 0.211. The average molecular weight is 374 g/mol. The van der Waals surface area contributed by atoms with E-state index < -0.39 is 19.3 Å². The maximum atomic E-state index is 12.3. The van der Waals surface area contributed by atoms with Crippen LogP contribution < -0.4 is 0 Å². The minimum atomic E-state index is -4.60. The van der Waals surface area contributed by atoms with E-state index in [-0.39, 0.29) is 0 Å². The van der Waals surface area contributed by atoms with Crippen molar-refractivity contribution in [1.29, 1.82) is 0 Å². The maximum absolute atomic E-state index is 12.3. The topological polar surface area (TPSA) is 63.2 Å². The van der Waals surface area contributed by atoms with Gasteiger partial charge in [-0.15, -0.1) is 0 Å². The standard InChI is InChI=1S/C19H19O6P/c1-19(2)18(20)24-26(21-3,25-19)22-16(14-10-6-4-7-11-14)17(23-26)15-12-8-5-9-13-15/h4-13H,1-3H3. The Hall–Kier alpha value is -2.40. The normalized spacial score (nSPS) is 23.7. The SMILES string of the molecule is COP12(OC(=O)C(C)(C)O1)OC(c1ccccc1)=C(c1ccccc1)O2. The Bertz CT molecular complexity index is 839. The van der Waals surface area contributed by atoms with Gasteiger partial charge in [0.25, 0.3) is 0 Å². The Morgan fingerprint density at radius 3 is 1.62 bits per heavy atom. The quantitative estimate of drug-likeness (QED) is 0.727. The van der Waals surface area contributed by atoms with Crippen molar-refractivity contribution < 1.29 is 27.4 Å². The van der Waals surface area contributed by atoms with E-state index in [0.717, 1.165) is 11.1 Å². The van der Waals surface area contributed by atoms with E-state index in [9.17, 15) is 4.79 Å². The number of hydrogen-bond acceptors (Lipinski definition) is 6. The molecule has 1 saturated heterocycles. The van der Waals surface area contributed by atoms with Crippen molar-refractivity contribution in [3.8, 4) is 0 Å². The molecular formula is C19H19O6P. The zero-order valence-electron chi connectivity index (χ0n) is 14.7. The zero-order chi connectivity index (χ0) is 18.4. The van der Waals surface area contributed by atoms with Crippen LogP contribution in [0.2, 0.25) is 0 Å². The molecule has 6 nitrogen and oxygen atoms in total. The van der Waals surface area contributed by atoms with Crippen molar-refractivity contribution >= 4 is 25.2 Å². The Morgan fingerprint density at radius 1 is 0.808 bits per heavy atom. The molecule has 136 valence electrons. The van der Waals surface area contributed by atoms with Gasteiger partial charge in [0.05, 0.1) is 0 Å². The second-order valence-electron chi connectivity index (χ2n) is 6.48. The predicted molar refractivity (Wildman–Crippen MR) is 97.1 cm³/mol. The number of benzene rings is 2. The van der Waals surface area contributed by atoms with Crippen LogP contribution in [-0.2, 0) is 27.4 Å². The summed E-state index contributed by atoms with van der Waals surface area (Å²) in [5, 5.41) is 0. The molecule has 0 radical (unpaired) electrons. The molecule has 1 spiro atoms. The van der Waals surface area contributed by atoms with Gasteiger partial charge in [0.1, 0.15) is 0 Å². The van der Waals surface area contributed by atoms with Gasteiger partial charge >= 0.3 is 151 Å². The second-order valence-corrected chi connectivity index (χ2v) is 9.07. The van der Waals surface area contributed by atoms with Crippen molar-refractivity contribution in [2.24, 2.45) is 0 Å². The summed E-state index contributed by atoms with van der Waals surface area (Å²) in [6, 6.07) is 18.8. The fourth-order valence-electron chi connectivity index (χ4n) is 2.84. The van der Waals surface area contributed by atoms with Crippen LogP contribution in [0, 0.1) is 0 Å². The fourth-order valence-corrected chi connectivity index (χ4v) is 5.65. The van der Waals surface area contributed by atoms with Gasteiger partial charge in [-0.05, 0) is 0 Å². The predicted octanol–water partition coefficient (Wildman–Crippen LogP) is 4.69. The van der Waals surface area contributed by atoms with E-state index in [4.69, 9.17) is 22.6 Å². The van der Waals surface area contributed by atoms with Gasteiger partial charge in [0.2, 0.25) is 0 Å². The van der Waals surface area contributed by atoms with Gasteiger partial charge in [-0.1, -0.05) is 0 Å². The van der Waals surface area contributed by atoms with Crippen LogP contribution in [0.1, 0.15) is 25.0 Å². The first-order chi connectivity index (χ1) is 12.4. The summed E-state index contributed by atoms with van der Waals surface area (Å²) in [6.07, 6.45) is 0. The fraction of sp³-hybridized carbons (Fsp3) is 0.211. The summed E-state index contributed by atoms with van der Waals surface area (Å²) in [5.41, 5.74) is 0.269. The van der Waals surface area contributed by atoms with E-state index in [1.807, 2.05) is 60.7 Å². The molecule has 0 saturated carbocycles. The molecule has 0 bridgehead atoms. The molecule has 2 aliphatic rings. The van der Waals surface area contributed by atoms with E-state index >= 15 is 0 Å². The van der Waals surface area contributed by atoms with Crippen LogP contribution >= 0.6 is 7.74 Å². The molecule has 7 heteroatoms. The zero-order valence-corrected chi connectivity index (χ0v) is 15.6. The van der Waals surface area contributed by atoms with Gasteiger partial charge in [-0.3, -0.25) is 0 Å². The van der Waals surface area contributed by atoms with Gasteiger partial charge in [-0.2, -0.15) is 0 Å². The number of carbonyl (C=O) groups is 1. The Kier molecular flexibility index (Phi) is 3.63. The Balaban J connectivity index is 1.87. The molecule has 0 atom stereocenters. The van der Waals surface area contributed by atoms with E-state index in [2.05, 4.69) is 0 Å². The van der Waals surface area contributed by atoms with Crippen molar-refractivity contribution in [2.45, 2.75) is 19.4 Å². The molecule has 2 aromatic rings. The molecule has 2 aromatic carbocycles. The first kappa shape index (κ1) is 17.0. The van der Waals surface area contributed by atoms with E-state index in [1.165, 1.54) is 7.11 Å². The third-order valence-corrected chi connectivity index (χ3v) is 6.93. The van der Waals surface area contributed by atoms with Crippen LogP contribution in [0.3, 0.4) is 0 Å². The molecular weight excluding hydrogens is 355 g/mol. The van der Waals surface area contributed by atoms with Crippen LogP contribution in [0.25, 0.3) is 11.5 Å². The first-order valence-electron chi connectivity index (χ1n) is 8.16. The van der Waals surface area contributed by atoms with Gasteiger partial charge in [0, 0.05) is 0 Å². The van der Waals surface area contributed by atoms with Crippen molar-refractivity contribution in [3.63, 3.8) is 0 Å². The molecule has 4 rings (SSSR count). The summed E-state index contributed by atoms with van der Waals surface area (Å²) >= 11 is 0. The van der Waals surface area contributed by atoms with Gasteiger partial charge in [0.15, 0.2) is 0 Å². The molecule has 0 aromatic heterocycles. The molecule has 2 aliphatic heterocycles. The molecule has 0 unspecified atom stereocenters. The third kappa shape index (κ3) is 2.50. The second kappa shape index (κ2) is 5.55. The monoisotopic (exact) mass is 374 g/mol. The number of hydrogen-bond donors (Lipinski definition) is 0. The molecule has 1 fully saturated rings. The van der Waals surface area contributed by atoms with Crippen LogP contribution in [0.5, 0.6) is 0 Å². The van der Waals surface area contributed by atoms with Crippen LogP contribution in [0.15, 0.2) is 60.7 Å². The van der Waals surface area contributed by atoms with Crippen molar-refractivity contribution in [2.75, 3.05) is 7.11 Å². The Labute approximate surface area is 151 Å². The van der Waals surface area contributed by atoms with Crippen molar-refractivity contribution in [3.05, 3.63) is 71.8 Å². The van der Waals surface area contributed by atoms with Gasteiger partial charge < -0.3 is 0 Å². The molecule has 2 heterocycles. The summed E-state index contributed by atoms with van der Waals surface area (Å²) in [7, 11) is -3.25.